The average molecular weight is 472 g/mol. The molecule has 0 radical (unpaired) electrons. The Morgan fingerprint density at radius 3 is 2.19 bits per heavy atom. The van der Waals surface area contributed by atoms with E-state index in [2.05, 4.69) is 0 Å². The second-order valence-electron chi connectivity index (χ2n) is 6.95. The number of hydrogen-bond acceptors (Lipinski definition) is 5. The van der Waals surface area contributed by atoms with E-state index in [1.165, 1.54) is 41.6 Å². The fourth-order valence-corrected chi connectivity index (χ4v) is 4.80. The summed E-state index contributed by atoms with van der Waals surface area (Å²) in [6, 6.07) is 20.6. The summed E-state index contributed by atoms with van der Waals surface area (Å²) < 4.78 is 32.6. The smallest absolute Gasteiger partial charge is 0.338 e. The van der Waals surface area contributed by atoms with E-state index in [-0.39, 0.29) is 22.8 Å². The van der Waals surface area contributed by atoms with E-state index < -0.39 is 22.1 Å². The first-order valence-corrected chi connectivity index (χ1v) is 11.7. The van der Waals surface area contributed by atoms with Gasteiger partial charge in [-0.25, -0.2) is 13.2 Å². The van der Waals surface area contributed by atoms with Crippen LogP contribution in [0.2, 0.25) is 5.02 Å². The van der Waals surface area contributed by atoms with Crippen molar-refractivity contribution in [3.05, 3.63) is 95.0 Å². The molecule has 1 atom stereocenters. The number of anilines is 1. The number of Topliss-reactive ketones (excluding diaryl/α,β-unsaturated/α-hetero) is 1. The molecule has 0 N–H and O–H groups in total. The van der Waals surface area contributed by atoms with E-state index in [9.17, 15) is 18.0 Å². The molecular formula is C24H22ClNO5S. The second-order valence-corrected chi connectivity index (χ2v) is 9.25. The summed E-state index contributed by atoms with van der Waals surface area (Å²) in [6.07, 6.45) is -1.03. The van der Waals surface area contributed by atoms with Crippen LogP contribution in [-0.2, 0) is 14.8 Å². The van der Waals surface area contributed by atoms with Crippen molar-refractivity contribution < 1.29 is 22.7 Å². The molecule has 8 heteroatoms. The van der Waals surface area contributed by atoms with Gasteiger partial charge in [0, 0.05) is 17.1 Å². The maximum Gasteiger partial charge on any atom is 0.338 e. The van der Waals surface area contributed by atoms with Crippen LogP contribution in [0, 0.1) is 0 Å². The molecule has 0 saturated carbocycles. The van der Waals surface area contributed by atoms with Crippen molar-refractivity contribution in [3.8, 4) is 0 Å². The Morgan fingerprint density at radius 1 is 0.938 bits per heavy atom. The summed E-state index contributed by atoms with van der Waals surface area (Å²) >= 11 is 5.91. The molecule has 0 amide bonds. The Bertz CT molecular complexity index is 1210. The first kappa shape index (κ1) is 23.5. The molecule has 0 heterocycles. The fourth-order valence-electron chi connectivity index (χ4n) is 3.13. The van der Waals surface area contributed by atoms with Gasteiger partial charge >= 0.3 is 5.97 Å². The number of esters is 1. The van der Waals surface area contributed by atoms with Crippen molar-refractivity contribution in [2.45, 2.75) is 24.8 Å². The van der Waals surface area contributed by atoms with Gasteiger partial charge in [0.15, 0.2) is 6.10 Å². The van der Waals surface area contributed by atoms with E-state index in [0.29, 0.717) is 16.3 Å². The lowest BCUT2D eigenvalue weighted by Gasteiger charge is -2.23. The first-order chi connectivity index (χ1) is 15.2. The highest BCUT2D eigenvalue weighted by Crippen LogP contribution is 2.24. The molecule has 0 fully saturated rings. The third-order valence-electron chi connectivity index (χ3n) is 4.77. The predicted octanol–water partition coefficient (Wildman–Crippen LogP) is 4.98. The molecular weight excluding hydrogens is 450 g/mol. The van der Waals surface area contributed by atoms with Gasteiger partial charge in [-0.3, -0.25) is 9.10 Å². The maximum absolute atomic E-state index is 13.1. The molecule has 166 valence electrons. The number of ketones is 1. The number of carbonyl (C=O) groups excluding carboxylic acids is 2. The average Bonchev–Trinajstić information content (AvgIpc) is 2.79. The minimum Gasteiger partial charge on any atom is -0.451 e. The van der Waals surface area contributed by atoms with Crippen LogP contribution in [0.15, 0.2) is 83.8 Å². The molecule has 0 aliphatic rings. The van der Waals surface area contributed by atoms with E-state index in [1.54, 1.807) is 49.4 Å². The molecule has 0 aromatic heterocycles. The summed E-state index contributed by atoms with van der Waals surface area (Å²) in [4.78, 5) is 25.0. The molecule has 3 aromatic rings. The summed E-state index contributed by atoms with van der Waals surface area (Å²) in [7, 11) is -3.81. The van der Waals surface area contributed by atoms with E-state index >= 15 is 0 Å². The lowest BCUT2D eigenvalue weighted by Crippen LogP contribution is -2.30. The van der Waals surface area contributed by atoms with E-state index in [1.807, 2.05) is 6.07 Å². The van der Waals surface area contributed by atoms with Crippen molar-refractivity contribution in [2.75, 3.05) is 10.8 Å². The Labute approximate surface area is 192 Å². The third kappa shape index (κ3) is 5.18. The minimum absolute atomic E-state index is 0.0443. The van der Waals surface area contributed by atoms with Gasteiger partial charge in [-0.05, 0) is 62.4 Å². The molecule has 0 bridgehead atoms. The van der Waals surface area contributed by atoms with Gasteiger partial charge in [0.1, 0.15) is 0 Å². The number of carbonyl (C=O) groups is 2. The van der Waals surface area contributed by atoms with Gasteiger partial charge in [0.25, 0.3) is 10.0 Å². The SMILES string of the molecule is CCN(c1ccccc1)S(=O)(=O)c1ccc(C(=O)OC(C)C(=O)c2cccc(Cl)c2)cc1. The van der Waals surface area contributed by atoms with Crippen LogP contribution in [0.25, 0.3) is 0 Å². The number of ether oxygens (including phenoxy) is 1. The number of para-hydroxylation sites is 1. The van der Waals surface area contributed by atoms with Gasteiger partial charge in [0.2, 0.25) is 5.78 Å². The van der Waals surface area contributed by atoms with Crippen molar-refractivity contribution in [2.24, 2.45) is 0 Å². The lowest BCUT2D eigenvalue weighted by molar-refractivity contribution is 0.0318. The number of nitrogens with zero attached hydrogens (tertiary/aromatic N) is 1. The topological polar surface area (TPSA) is 80.8 Å². The highest BCUT2D eigenvalue weighted by atomic mass is 35.5. The van der Waals surface area contributed by atoms with Crippen LogP contribution in [-0.4, -0.2) is 32.8 Å². The third-order valence-corrected chi connectivity index (χ3v) is 6.92. The van der Waals surface area contributed by atoms with Crippen LogP contribution >= 0.6 is 11.6 Å². The van der Waals surface area contributed by atoms with Crippen LogP contribution in [0.4, 0.5) is 5.69 Å². The molecule has 32 heavy (non-hydrogen) atoms. The summed E-state index contributed by atoms with van der Waals surface area (Å²) in [5, 5.41) is 0.405. The lowest BCUT2D eigenvalue weighted by atomic mass is 10.1. The van der Waals surface area contributed by atoms with E-state index in [4.69, 9.17) is 16.3 Å². The summed E-state index contributed by atoms with van der Waals surface area (Å²) in [5.41, 5.74) is 1.02. The van der Waals surface area contributed by atoms with E-state index in [0.717, 1.165) is 0 Å². The van der Waals surface area contributed by atoms with Crippen molar-refractivity contribution in [1.82, 2.24) is 0 Å². The Morgan fingerprint density at radius 2 is 1.59 bits per heavy atom. The van der Waals surface area contributed by atoms with Crippen molar-refractivity contribution in [1.29, 1.82) is 0 Å². The van der Waals surface area contributed by atoms with Gasteiger partial charge in [-0.1, -0.05) is 41.9 Å². The van der Waals surface area contributed by atoms with Gasteiger partial charge in [0.05, 0.1) is 16.1 Å². The highest BCUT2D eigenvalue weighted by molar-refractivity contribution is 7.92. The zero-order valence-corrected chi connectivity index (χ0v) is 19.1. The van der Waals surface area contributed by atoms with Gasteiger partial charge < -0.3 is 4.74 Å². The maximum atomic E-state index is 13.1. The Kier molecular flexibility index (Phi) is 7.33. The summed E-state index contributed by atoms with van der Waals surface area (Å²) in [5.74, 6) is -1.12. The molecule has 0 aliphatic carbocycles. The molecule has 0 spiro atoms. The second kappa shape index (κ2) is 9.97. The fraction of sp³-hybridized carbons (Fsp3) is 0.167. The molecule has 3 aromatic carbocycles. The highest BCUT2D eigenvalue weighted by Gasteiger charge is 2.25. The van der Waals surface area contributed by atoms with Crippen LogP contribution in [0.1, 0.15) is 34.6 Å². The molecule has 0 saturated heterocycles. The van der Waals surface area contributed by atoms with Crippen molar-refractivity contribution in [3.63, 3.8) is 0 Å². The summed E-state index contributed by atoms with van der Waals surface area (Å²) in [6.45, 7) is 3.47. The Balaban J connectivity index is 1.74. The zero-order chi connectivity index (χ0) is 23.3. The van der Waals surface area contributed by atoms with Crippen LogP contribution < -0.4 is 4.31 Å². The van der Waals surface area contributed by atoms with Gasteiger partial charge in [-0.2, -0.15) is 0 Å². The molecule has 6 nitrogen and oxygen atoms in total. The van der Waals surface area contributed by atoms with Gasteiger partial charge in [-0.15, -0.1) is 0 Å². The molecule has 1 unspecified atom stereocenters. The molecule has 3 rings (SSSR count). The zero-order valence-electron chi connectivity index (χ0n) is 17.6. The van der Waals surface area contributed by atoms with Crippen LogP contribution in [0.5, 0.6) is 0 Å². The minimum atomic E-state index is -3.81. The number of rotatable bonds is 8. The van der Waals surface area contributed by atoms with Crippen molar-refractivity contribution >= 4 is 39.1 Å². The molecule has 0 aliphatic heterocycles. The normalized spacial score (nSPS) is 12.1. The number of sulfonamides is 1. The van der Waals surface area contributed by atoms with Crippen LogP contribution in [0.3, 0.4) is 0 Å². The number of benzene rings is 3. The largest absolute Gasteiger partial charge is 0.451 e. The first-order valence-electron chi connectivity index (χ1n) is 9.92. The quantitative estimate of drug-likeness (QED) is 0.341. The standard InChI is InChI=1S/C24H22ClNO5S/c1-3-26(21-10-5-4-6-11-21)32(29,30)22-14-12-18(13-15-22)24(28)31-17(2)23(27)19-8-7-9-20(25)16-19/h4-17H,3H2,1-2H3. The predicted molar refractivity (Wildman–Crippen MR) is 124 cm³/mol. The monoisotopic (exact) mass is 471 g/mol. The Hall–Kier alpha value is -3.16. The number of hydrogen-bond donors (Lipinski definition) is 0. The number of halogens is 1.